The maximum absolute atomic E-state index is 11.3. The first-order chi connectivity index (χ1) is 8.99. The van der Waals surface area contributed by atoms with Crippen molar-refractivity contribution in [2.75, 3.05) is 13.1 Å². The lowest BCUT2D eigenvalue weighted by Gasteiger charge is -2.19. The minimum absolute atomic E-state index is 0.338. The predicted molar refractivity (Wildman–Crippen MR) is 77.6 cm³/mol. The average molecular weight is 286 g/mol. The van der Waals surface area contributed by atoms with E-state index in [-0.39, 0.29) is 0 Å². The van der Waals surface area contributed by atoms with Crippen LogP contribution in [0.1, 0.15) is 41.5 Å². The van der Waals surface area contributed by atoms with Crippen LogP contribution in [0.5, 0.6) is 0 Å². The molecule has 0 fully saturated rings. The Morgan fingerprint density at radius 2 is 1.10 bits per heavy atom. The molecular formula is C14H26N2O4. The quantitative estimate of drug-likeness (QED) is 0.779. The standard InChI is InChI=1S/C14H26N2O4/c1-13(2,3)19-11(17)15-9-7-8-10-16-12(18)20-14(4,5)6/h7-8H,9-10H2,1-6H3,(H,15,17)(H,16,18)/b8-7-. The number of carbonyl (C=O) groups excluding carboxylic acids is 2. The maximum Gasteiger partial charge on any atom is 0.407 e. The molecule has 0 aromatic carbocycles. The van der Waals surface area contributed by atoms with E-state index in [0.29, 0.717) is 13.1 Å². The van der Waals surface area contributed by atoms with Crippen LogP contribution in [0, 0.1) is 0 Å². The number of carbonyl (C=O) groups is 2. The molecule has 0 unspecified atom stereocenters. The van der Waals surface area contributed by atoms with Crippen molar-refractivity contribution in [1.29, 1.82) is 0 Å². The Hall–Kier alpha value is -1.72. The van der Waals surface area contributed by atoms with Crippen LogP contribution >= 0.6 is 0 Å². The van der Waals surface area contributed by atoms with E-state index in [4.69, 9.17) is 9.47 Å². The van der Waals surface area contributed by atoms with Crippen LogP contribution in [0.4, 0.5) is 9.59 Å². The first kappa shape index (κ1) is 18.3. The van der Waals surface area contributed by atoms with E-state index >= 15 is 0 Å². The first-order valence-electron chi connectivity index (χ1n) is 6.58. The van der Waals surface area contributed by atoms with E-state index in [1.807, 2.05) is 0 Å². The predicted octanol–water partition coefficient (Wildman–Crippen LogP) is 2.59. The third-order valence-corrected chi connectivity index (χ3v) is 1.69. The molecule has 116 valence electrons. The zero-order chi connectivity index (χ0) is 15.8. The van der Waals surface area contributed by atoms with Crippen LogP contribution in [-0.2, 0) is 9.47 Å². The van der Waals surface area contributed by atoms with Crippen molar-refractivity contribution in [1.82, 2.24) is 10.6 Å². The zero-order valence-corrected chi connectivity index (χ0v) is 13.2. The summed E-state index contributed by atoms with van der Waals surface area (Å²) in [4.78, 5) is 22.6. The van der Waals surface area contributed by atoms with Gasteiger partial charge in [0.2, 0.25) is 0 Å². The fraction of sp³-hybridized carbons (Fsp3) is 0.714. The van der Waals surface area contributed by atoms with Crippen molar-refractivity contribution in [2.45, 2.75) is 52.7 Å². The Balaban J connectivity index is 3.73. The molecule has 0 saturated heterocycles. The van der Waals surface area contributed by atoms with Crippen LogP contribution < -0.4 is 10.6 Å². The third kappa shape index (κ3) is 12.7. The molecule has 0 saturated carbocycles. The molecule has 0 aliphatic rings. The largest absolute Gasteiger partial charge is 0.444 e. The van der Waals surface area contributed by atoms with Gasteiger partial charge in [-0.25, -0.2) is 9.59 Å². The van der Waals surface area contributed by atoms with Crippen molar-refractivity contribution < 1.29 is 19.1 Å². The smallest absolute Gasteiger partial charge is 0.407 e. The molecule has 2 N–H and O–H groups in total. The maximum atomic E-state index is 11.3. The van der Waals surface area contributed by atoms with E-state index in [9.17, 15) is 9.59 Å². The fourth-order valence-electron chi connectivity index (χ4n) is 1.08. The number of alkyl carbamates (subject to hydrolysis) is 2. The molecule has 6 nitrogen and oxygen atoms in total. The van der Waals surface area contributed by atoms with Gasteiger partial charge in [-0.2, -0.15) is 0 Å². The molecule has 0 radical (unpaired) electrons. The van der Waals surface area contributed by atoms with Gasteiger partial charge < -0.3 is 20.1 Å². The molecule has 0 bridgehead atoms. The van der Waals surface area contributed by atoms with Gasteiger partial charge in [0.15, 0.2) is 0 Å². The summed E-state index contributed by atoms with van der Waals surface area (Å²) in [6, 6.07) is 0. The molecule has 2 amide bonds. The molecule has 0 spiro atoms. The molecule has 20 heavy (non-hydrogen) atoms. The van der Waals surface area contributed by atoms with E-state index in [1.54, 1.807) is 53.7 Å². The van der Waals surface area contributed by atoms with E-state index in [2.05, 4.69) is 10.6 Å². The highest BCUT2D eigenvalue weighted by molar-refractivity contribution is 5.68. The molecule has 0 heterocycles. The summed E-state index contributed by atoms with van der Waals surface area (Å²) in [6.07, 6.45) is 2.51. The van der Waals surface area contributed by atoms with Crippen molar-refractivity contribution in [3.63, 3.8) is 0 Å². The summed E-state index contributed by atoms with van der Waals surface area (Å²) in [5.41, 5.74) is -1.02. The highest BCUT2D eigenvalue weighted by atomic mass is 16.6. The van der Waals surface area contributed by atoms with E-state index in [0.717, 1.165) is 0 Å². The lowest BCUT2D eigenvalue weighted by molar-refractivity contribution is 0.0520. The summed E-state index contributed by atoms with van der Waals surface area (Å²) in [5, 5.41) is 5.15. The van der Waals surface area contributed by atoms with E-state index < -0.39 is 23.4 Å². The monoisotopic (exact) mass is 286 g/mol. The lowest BCUT2D eigenvalue weighted by atomic mass is 10.2. The second-order valence-electron chi connectivity index (χ2n) is 6.24. The Morgan fingerprint density at radius 1 is 0.800 bits per heavy atom. The lowest BCUT2D eigenvalue weighted by Crippen LogP contribution is -2.33. The molecule has 6 heteroatoms. The molecule has 0 aliphatic heterocycles. The third-order valence-electron chi connectivity index (χ3n) is 1.69. The molecule has 0 aliphatic carbocycles. The topological polar surface area (TPSA) is 76.7 Å². The highest BCUT2D eigenvalue weighted by Gasteiger charge is 2.15. The van der Waals surface area contributed by atoms with Crippen LogP contribution in [0.15, 0.2) is 12.2 Å². The van der Waals surface area contributed by atoms with Gasteiger partial charge in [0.05, 0.1) is 0 Å². The van der Waals surface area contributed by atoms with Crippen molar-refractivity contribution in [3.8, 4) is 0 Å². The number of nitrogens with one attached hydrogen (secondary N) is 2. The molecular weight excluding hydrogens is 260 g/mol. The Labute approximate surface area is 120 Å². The van der Waals surface area contributed by atoms with Crippen LogP contribution in [-0.4, -0.2) is 36.5 Å². The van der Waals surface area contributed by atoms with E-state index in [1.165, 1.54) is 0 Å². The van der Waals surface area contributed by atoms with Gasteiger partial charge in [-0.15, -0.1) is 0 Å². The number of hydrogen-bond acceptors (Lipinski definition) is 4. The molecule has 0 rings (SSSR count). The molecule has 0 aromatic rings. The summed E-state index contributed by atoms with van der Waals surface area (Å²) in [5.74, 6) is 0. The van der Waals surface area contributed by atoms with Gasteiger partial charge in [-0.1, -0.05) is 12.2 Å². The van der Waals surface area contributed by atoms with Gasteiger partial charge in [0.1, 0.15) is 11.2 Å². The normalized spacial score (nSPS) is 12.1. The minimum Gasteiger partial charge on any atom is -0.444 e. The Kier molecular flexibility index (Phi) is 7.10. The summed E-state index contributed by atoms with van der Waals surface area (Å²) in [7, 11) is 0. The van der Waals surface area contributed by atoms with Gasteiger partial charge in [-0.3, -0.25) is 0 Å². The van der Waals surface area contributed by atoms with Gasteiger partial charge >= 0.3 is 12.2 Å². The highest BCUT2D eigenvalue weighted by Crippen LogP contribution is 2.06. The number of hydrogen-bond donors (Lipinski definition) is 2. The van der Waals surface area contributed by atoms with Crippen molar-refractivity contribution in [3.05, 3.63) is 12.2 Å². The van der Waals surface area contributed by atoms with Crippen LogP contribution in [0.3, 0.4) is 0 Å². The number of amides is 2. The Morgan fingerprint density at radius 3 is 1.35 bits per heavy atom. The molecule has 0 aromatic heterocycles. The summed E-state index contributed by atoms with van der Waals surface area (Å²) in [6.45, 7) is 11.5. The summed E-state index contributed by atoms with van der Waals surface area (Å²) < 4.78 is 10.1. The minimum atomic E-state index is -0.508. The van der Waals surface area contributed by atoms with Crippen LogP contribution in [0.2, 0.25) is 0 Å². The van der Waals surface area contributed by atoms with Gasteiger partial charge in [-0.05, 0) is 41.5 Å². The number of rotatable bonds is 4. The second-order valence-corrected chi connectivity index (χ2v) is 6.24. The SMILES string of the molecule is CC(C)(C)OC(=O)NC/C=C\CNC(=O)OC(C)(C)C. The summed E-state index contributed by atoms with van der Waals surface area (Å²) >= 11 is 0. The van der Waals surface area contributed by atoms with Crippen molar-refractivity contribution >= 4 is 12.2 Å². The van der Waals surface area contributed by atoms with Crippen molar-refractivity contribution in [2.24, 2.45) is 0 Å². The van der Waals surface area contributed by atoms with Crippen LogP contribution in [0.25, 0.3) is 0 Å². The first-order valence-corrected chi connectivity index (χ1v) is 6.58. The second kappa shape index (κ2) is 7.77. The van der Waals surface area contributed by atoms with Gasteiger partial charge in [0, 0.05) is 13.1 Å². The molecule has 0 atom stereocenters. The fourth-order valence-corrected chi connectivity index (χ4v) is 1.08. The Bertz CT molecular complexity index is 317. The van der Waals surface area contributed by atoms with Gasteiger partial charge in [0.25, 0.3) is 0 Å². The zero-order valence-electron chi connectivity index (χ0n) is 13.2. The number of ether oxygens (including phenoxy) is 2. The average Bonchev–Trinajstić information content (AvgIpc) is 2.17.